The highest BCUT2D eigenvalue weighted by Crippen LogP contribution is 2.45. The molecule has 0 saturated carbocycles. The normalized spacial score (nSPS) is 16.2. The molecule has 0 aliphatic carbocycles. The number of nitrogens with zero attached hydrogens (tertiary/aromatic N) is 3. The molecule has 0 radical (unpaired) electrons. The van der Waals surface area contributed by atoms with Gasteiger partial charge < -0.3 is 24.1 Å². The lowest BCUT2D eigenvalue weighted by atomic mass is 9.86. The number of aryl methyl sites for hydroxylation is 1. The second kappa shape index (κ2) is 10.1. The Morgan fingerprint density at radius 2 is 1.91 bits per heavy atom. The average Bonchev–Trinajstić information content (AvgIpc) is 3.31. The zero-order valence-corrected chi connectivity index (χ0v) is 19.9. The number of para-hydroxylation sites is 2. The van der Waals surface area contributed by atoms with Gasteiger partial charge in [-0.25, -0.2) is 0 Å². The van der Waals surface area contributed by atoms with Crippen molar-refractivity contribution in [3.63, 3.8) is 0 Å². The van der Waals surface area contributed by atoms with Crippen LogP contribution in [0, 0.1) is 0 Å². The fourth-order valence-corrected chi connectivity index (χ4v) is 4.69. The number of oxime groups is 1. The van der Waals surface area contributed by atoms with E-state index in [0.717, 1.165) is 72.8 Å². The zero-order chi connectivity index (χ0) is 24.1. The monoisotopic (exact) mass is 461 g/mol. The Morgan fingerprint density at radius 3 is 2.59 bits per heavy atom. The molecule has 5 rings (SSSR count). The molecule has 3 heterocycles. The molecule has 178 valence electrons. The van der Waals surface area contributed by atoms with Gasteiger partial charge >= 0.3 is 0 Å². The largest absolute Gasteiger partial charge is 0.496 e. The second-order valence-electron chi connectivity index (χ2n) is 8.63. The van der Waals surface area contributed by atoms with Crippen LogP contribution in [0.25, 0.3) is 5.69 Å². The third-order valence-corrected chi connectivity index (χ3v) is 6.60. The third-order valence-electron chi connectivity index (χ3n) is 6.60. The first-order valence-corrected chi connectivity index (χ1v) is 11.5. The molecule has 0 unspecified atom stereocenters. The Balaban J connectivity index is 0.000000195. The number of fused-ring (bicyclic) bond motifs is 4. The fourth-order valence-electron chi connectivity index (χ4n) is 4.69. The number of rotatable bonds is 4. The molecule has 2 aliphatic heterocycles. The molecule has 7 nitrogen and oxygen atoms in total. The van der Waals surface area contributed by atoms with Crippen LogP contribution in [-0.4, -0.2) is 54.4 Å². The summed E-state index contributed by atoms with van der Waals surface area (Å²) >= 11 is 0. The summed E-state index contributed by atoms with van der Waals surface area (Å²) in [6, 6.07) is 17.6. The number of benzene rings is 2. The summed E-state index contributed by atoms with van der Waals surface area (Å²) in [6.07, 6.45) is 5.13. The minimum Gasteiger partial charge on any atom is -0.496 e. The van der Waals surface area contributed by atoms with Crippen molar-refractivity contribution >= 4 is 12.5 Å². The summed E-state index contributed by atoms with van der Waals surface area (Å²) < 4.78 is 13.7. The first kappa shape index (κ1) is 23.6. The molecule has 0 amide bonds. The number of hydrogen-bond acceptors (Lipinski definition) is 6. The summed E-state index contributed by atoms with van der Waals surface area (Å²) in [5.41, 5.74) is 4.51. The van der Waals surface area contributed by atoms with Crippen molar-refractivity contribution in [1.29, 1.82) is 0 Å². The van der Waals surface area contributed by atoms with Crippen molar-refractivity contribution in [3.8, 4) is 17.2 Å². The Morgan fingerprint density at radius 1 is 1.15 bits per heavy atom. The lowest BCUT2D eigenvalue weighted by molar-refractivity contribution is -0.00714. The Labute approximate surface area is 200 Å². The molecule has 1 aromatic heterocycles. The molecular weight excluding hydrogens is 430 g/mol. The van der Waals surface area contributed by atoms with Gasteiger partial charge in [0.05, 0.1) is 30.4 Å². The van der Waals surface area contributed by atoms with Crippen LogP contribution < -0.4 is 9.47 Å². The van der Waals surface area contributed by atoms with Crippen LogP contribution in [0.15, 0.2) is 59.8 Å². The molecule has 0 atom stereocenters. The van der Waals surface area contributed by atoms with E-state index in [0.29, 0.717) is 5.56 Å². The molecule has 1 fully saturated rings. The second-order valence-corrected chi connectivity index (χ2v) is 8.63. The van der Waals surface area contributed by atoms with E-state index in [9.17, 15) is 4.79 Å². The predicted octanol–water partition coefficient (Wildman–Crippen LogP) is 4.67. The maximum Gasteiger partial charge on any atom is 0.152 e. The predicted molar refractivity (Wildman–Crippen MR) is 132 cm³/mol. The molecule has 1 saturated heterocycles. The van der Waals surface area contributed by atoms with E-state index >= 15 is 0 Å². The number of likely N-dealkylation sites (tertiary alicyclic amines) is 1. The Kier molecular flexibility index (Phi) is 7.03. The van der Waals surface area contributed by atoms with Gasteiger partial charge in [0.1, 0.15) is 17.8 Å². The number of aromatic nitrogens is 1. The van der Waals surface area contributed by atoms with E-state index in [1.165, 1.54) is 6.21 Å². The van der Waals surface area contributed by atoms with Gasteiger partial charge in [0.2, 0.25) is 0 Å². The number of methoxy groups -OCH3 is 1. The van der Waals surface area contributed by atoms with Gasteiger partial charge in [-0.05, 0) is 49.4 Å². The molecule has 2 aliphatic rings. The van der Waals surface area contributed by atoms with Gasteiger partial charge in [0.15, 0.2) is 5.60 Å². The van der Waals surface area contributed by atoms with E-state index < -0.39 is 0 Å². The van der Waals surface area contributed by atoms with Crippen LogP contribution in [0.5, 0.6) is 11.5 Å². The van der Waals surface area contributed by atoms with Crippen molar-refractivity contribution in [3.05, 3.63) is 77.1 Å². The van der Waals surface area contributed by atoms with Gasteiger partial charge in [-0.1, -0.05) is 36.3 Å². The van der Waals surface area contributed by atoms with Crippen molar-refractivity contribution in [2.45, 2.75) is 31.8 Å². The van der Waals surface area contributed by atoms with Crippen LogP contribution in [0.4, 0.5) is 0 Å². The SMILES string of the molecule is CCc1ccc(C=O)cc1OC.CN1CCC2(CC1)Oc1ccccc1-n1c(/C=N\O)ccc12. The van der Waals surface area contributed by atoms with Crippen LogP contribution in [0.3, 0.4) is 0 Å². The third kappa shape index (κ3) is 4.43. The summed E-state index contributed by atoms with van der Waals surface area (Å²) in [7, 11) is 3.76. The number of hydrogen-bond donors (Lipinski definition) is 1. The van der Waals surface area contributed by atoms with Crippen LogP contribution in [0.2, 0.25) is 0 Å². The smallest absolute Gasteiger partial charge is 0.152 e. The van der Waals surface area contributed by atoms with Gasteiger partial charge in [0.25, 0.3) is 0 Å². The molecule has 0 bridgehead atoms. The van der Waals surface area contributed by atoms with Gasteiger partial charge in [-0.15, -0.1) is 0 Å². The molecule has 7 heteroatoms. The minimum absolute atomic E-state index is 0.289. The molecule has 34 heavy (non-hydrogen) atoms. The Hall–Kier alpha value is -3.58. The van der Waals surface area contributed by atoms with E-state index in [1.54, 1.807) is 19.2 Å². The van der Waals surface area contributed by atoms with Crippen LogP contribution >= 0.6 is 0 Å². The molecular formula is C27H31N3O4. The van der Waals surface area contributed by atoms with Crippen molar-refractivity contribution < 1.29 is 19.5 Å². The number of aldehydes is 1. The summed E-state index contributed by atoms with van der Waals surface area (Å²) in [5.74, 6) is 1.69. The molecule has 2 aromatic carbocycles. The maximum absolute atomic E-state index is 10.4. The van der Waals surface area contributed by atoms with Crippen molar-refractivity contribution in [2.75, 3.05) is 27.2 Å². The summed E-state index contributed by atoms with van der Waals surface area (Å²) in [6.45, 7) is 4.08. The number of carbonyl (C=O) groups is 1. The van der Waals surface area contributed by atoms with Crippen LogP contribution in [-0.2, 0) is 12.0 Å². The van der Waals surface area contributed by atoms with Crippen LogP contribution in [0.1, 0.15) is 47.1 Å². The van der Waals surface area contributed by atoms with E-state index in [-0.39, 0.29) is 5.60 Å². The zero-order valence-electron chi connectivity index (χ0n) is 19.9. The minimum atomic E-state index is -0.289. The van der Waals surface area contributed by atoms with Crippen molar-refractivity contribution in [2.24, 2.45) is 5.16 Å². The first-order valence-electron chi connectivity index (χ1n) is 11.5. The highest BCUT2D eigenvalue weighted by atomic mass is 16.5. The Bertz CT molecular complexity index is 1180. The maximum atomic E-state index is 10.4. The molecule has 1 spiro atoms. The quantitative estimate of drug-likeness (QED) is 0.265. The van der Waals surface area contributed by atoms with Gasteiger partial charge in [0, 0.05) is 31.5 Å². The van der Waals surface area contributed by atoms with Crippen molar-refractivity contribution in [1.82, 2.24) is 9.47 Å². The van der Waals surface area contributed by atoms with E-state index in [2.05, 4.69) is 34.7 Å². The number of ether oxygens (including phenoxy) is 2. The lowest BCUT2D eigenvalue weighted by Crippen LogP contribution is -2.47. The highest BCUT2D eigenvalue weighted by molar-refractivity contribution is 5.79. The first-order chi connectivity index (χ1) is 16.5. The number of carbonyl (C=O) groups excluding carboxylic acids is 1. The van der Waals surface area contributed by atoms with Gasteiger partial charge in [-0.3, -0.25) is 4.79 Å². The average molecular weight is 462 g/mol. The fraction of sp³-hybridized carbons (Fsp3) is 0.333. The van der Waals surface area contributed by atoms with E-state index in [4.69, 9.17) is 14.7 Å². The standard InChI is InChI=1S/C17H19N3O2.C10H12O2/c1-19-10-8-17(9-11-19)16-7-6-13(12-18-21)20(16)14-4-2-3-5-15(14)22-17;1-3-9-5-4-8(7-11)6-10(9)12-2/h2-7,12,21H,8-11H2,1H3;4-7H,3H2,1-2H3/b18-12-;. The summed E-state index contributed by atoms with van der Waals surface area (Å²) in [5, 5.41) is 12.2. The van der Waals surface area contributed by atoms with Gasteiger partial charge in [-0.2, -0.15) is 0 Å². The summed E-state index contributed by atoms with van der Waals surface area (Å²) in [4.78, 5) is 12.8. The van der Waals surface area contributed by atoms with E-state index in [1.807, 2.05) is 36.4 Å². The molecule has 1 N–H and O–H groups in total. The lowest BCUT2D eigenvalue weighted by Gasteiger charge is -2.44. The highest BCUT2D eigenvalue weighted by Gasteiger charge is 2.43. The number of piperidine rings is 1. The molecule has 3 aromatic rings. The topological polar surface area (TPSA) is 76.3 Å².